The molecule has 0 radical (unpaired) electrons. The van der Waals surface area contributed by atoms with Gasteiger partial charge in [0.05, 0.1) is 18.0 Å². The van der Waals surface area contributed by atoms with Crippen LogP contribution < -0.4 is 5.32 Å². The molecule has 1 N–H and O–H groups in total. The topological polar surface area (TPSA) is 79.6 Å². The molecule has 0 aliphatic carbocycles. The smallest absolute Gasteiger partial charge is 0.274 e. The van der Waals surface area contributed by atoms with Crippen molar-refractivity contribution in [1.29, 1.82) is 0 Å². The van der Waals surface area contributed by atoms with Crippen molar-refractivity contribution in [3.05, 3.63) is 30.6 Å². The Morgan fingerprint density at radius 3 is 2.92 bits per heavy atom. The molecular weight excluding hydrogens is 318 g/mol. The van der Waals surface area contributed by atoms with Gasteiger partial charge in [0, 0.05) is 37.9 Å². The fourth-order valence-electron chi connectivity index (χ4n) is 3.21. The largest absolute Gasteiger partial charge is 0.352 e. The highest BCUT2D eigenvalue weighted by Gasteiger charge is 2.28. The number of carbonyl (C=O) groups excluding carboxylic acids is 2. The Labute approximate surface area is 147 Å². The zero-order valence-corrected chi connectivity index (χ0v) is 15.0. The molecule has 25 heavy (non-hydrogen) atoms. The molecule has 2 aromatic rings. The number of hydrogen-bond acceptors (Lipinski definition) is 4. The van der Waals surface area contributed by atoms with Gasteiger partial charge in [-0.15, -0.1) is 0 Å². The number of hydrogen-bond donors (Lipinski definition) is 1. The lowest BCUT2D eigenvalue weighted by Gasteiger charge is -2.33. The van der Waals surface area contributed by atoms with E-state index in [-0.39, 0.29) is 23.3 Å². The number of carbonyl (C=O) groups is 2. The lowest BCUT2D eigenvalue weighted by Crippen LogP contribution is -2.50. The van der Waals surface area contributed by atoms with Gasteiger partial charge in [-0.3, -0.25) is 9.59 Å². The van der Waals surface area contributed by atoms with E-state index in [1.807, 2.05) is 20.8 Å². The number of imidazole rings is 1. The van der Waals surface area contributed by atoms with Crippen molar-refractivity contribution in [2.45, 2.75) is 46.1 Å². The highest BCUT2D eigenvalue weighted by Crippen LogP contribution is 2.19. The van der Waals surface area contributed by atoms with Crippen molar-refractivity contribution in [2.75, 3.05) is 13.1 Å². The van der Waals surface area contributed by atoms with Crippen molar-refractivity contribution in [3.8, 4) is 0 Å². The Bertz CT molecular complexity index is 777. The van der Waals surface area contributed by atoms with E-state index >= 15 is 0 Å². The Balaban J connectivity index is 1.68. The summed E-state index contributed by atoms with van der Waals surface area (Å²) in [4.78, 5) is 35.2. The fraction of sp³-hybridized carbons (Fsp3) is 0.556. The van der Waals surface area contributed by atoms with Crippen LogP contribution in [-0.2, 0) is 4.79 Å². The Morgan fingerprint density at radius 1 is 1.36 bits per heavy atom. The molecule has 7 heteroatoms. The quantitative estimate of drug-likeness (QED) is 0.923. The third-order valence-corrected chi connectivity index (χ3v) is 4.31. The molecule has 0 spiro atoms. The number of fused-ring (bicyclic) bond motifs is 1. The van der Waals surface area contributed by atoms with Crippen molar-refractivity contribution in [3.63, 3.8) is 0 Å². The molecule has 3 rings (SSSR count). The lowest BCUT2D eigenvalue weighted by molar-refractivity contribution is -0.123. The second-order valence-corrected chi connectivity index (χ2v) is 7.86. The molecule has 0 aromatic carbocycles. The van der Waals surface area contributed by atoms with Crippen LogP contribution in [0.25, 0.3) is 5.52 Å². The second kappa shape index (κ2) is 6.82. The van der Waals surface area contributed by atoms with Crippen LogP contribution in [0.5, 0.6) is 0 Å². The van der Waals surface area contributed by atoms with Crippen LogP contribution in [0.1, 0.15) is 50.5 Å². The van der Waals surface area contributed by atoms with Crippen LogP contribution in [0.2, 0.25) is 0 Å². The molecule has 3 heterocycles. The summed E-state index contributed by atoms with van der Waals surface area (Å²) in [6.45, 7) is 7.33. The van der Waals surface area contributed by atoms with Crippen molar-refractivity contribution in [1.82, 2.24) is 24.6 Å². The predicted molar refractivity (Wildman–Crippen MR) is 94.1 cm³/mol. The van der Waals surface area contributed by atoms with E-state index in [1.165, 1.54) is 0 Å². The van der Waals surface area contributed by atoms with Gasteiger partial charge >= 0.3 is 0 Å². The zero-order valence-electron chi connectivity index (χ0n) is 15.0. The molecule has 0 bridgehead atoms. The van der Waals surface area contributed by atoms with Crippen molar-refractivity contribution in [2.24, 2.45) is 5.41 Å². The summed E-state index contributed by atoms with van der Waals surface area (Å²) in [6.07, 6.45) is 8.91. The predicted octanol–water partition coefficient (Wildman–Crippen LogP) is 1.89. The summed E-state index contributed by atoms with van der Waals surface area (Å²) in [7, 11) is 0. The van der Waals surface area contributed by atoms with Gasteiger partial charge in [-0.2, -0.15) is 0 Å². The van der Waals surface area contributed by atoms with Gasteiger partial charge in [-0.1, -0.05) is 20.8 Å². The Morgan fingerprint density at radius 2 is 2.16 bits per heavy atom. The highest BCUT2D eigenvalue weighted by molar-refractivity contribution is 5.98. The molecule has 134 valence electrons. The molecule has 1 atom stereocenters. The molecule has 1 aliphatic rings. The Kier molecular flexibility index (Phi) is 4.74. The first kappa shape index (κ1) is 17.4. The van der Waals surface area contributed by atoms with Gasteiger partial charge in [0.15, 0.2) is 5.69 Å². The average molecular weight is 343 g/mol. The van der Waals surface area contributed by atoms with E-state index in [2.05, 4.69) is 15.3 Å². The standard InChI is InChI=1S/C18H25N5O2/c1-18(2,3)9-15(24)21-13-5-4-7-22(11-13)17(25)16-14-10-19-12-23(14)8-6-20-16/h6,8,10,12-13H,4-5,7,9,11H2,1-3H3,(H,21,24). The SMILES string of the molecule is CC(C)(C)CC(=O)NC1CCCN(C(=O)c2nccn3cncc23)C1. The molecule has 1 saturated heterocycles. The van der Waals surface area contributed by atoms with Crippen LogP contribution in [0.4, 0.5) is 0 Å². The summed E-state index contributed by atoms with van der Waals surface area (Å²) >= 11 is 0. The van der Waals surface area contributed by atoms with Gasteiger partial charge in [0.2, 0.25) is 5.91 Å². The minimum atomic E-state index is -0.110. The summed E-state index contributed by atoms with van der Waals surface area (Å²) in [5, 5.41) is 3.07. The minimum Gasteiger partial charge on any atom is -0.352 e. The van der Waals surface area contributed by atoms with E-state index in [1.54, 1.807) is 34.2 Å². The first-order valence-electron chi connectivity index (χ1n) is 8.69. The van der Waals surface area contributed by atoms with Crippen LogP contribution in [0.15, 0.2) is 24.9 Å². The van der Waals surface area contributed by atoms with Gasteiger partial charge in [0.25, 0.3) is 5.91 Å². The molecule has 1 fully saturated rings. The average Bonchev–Trinajstić information content (AvgIpc) is 3.01. The number of aromatic nitrogens is 3. The van der Waals surface area contributed by atoms with Crippen LogP contribution >= 0.6 is 0 Å². The summed E-state index contributed by atoms with van der Waals surface area (Å²) in [6, 6.07) is -0.00260. The maximum Gasteiger partial charge on any atom is 0.274 e. The van der Waals surface area contributed by atoms with Crippen LogP contribution in [0.3, 0.4) is 0 Å². The second-order valence-electron chi connectivity index (χ2n) is 7.86. The van der Waals surface area contributed by atoms with E-state index < -0.39 is 0 Å². The van der Waals surface area contributed by atoms with Gasteiger partial charge in [-0.25, -0.2) is 9.97 Å². The van der Waals surface area contributed by atoms with E-state index in [0.29, 0.717) is 30.7 Å². The number of nitrogens with zero attached hydrogens (tertiary/aromatic N) is 4. The van der Waals surface area contributed by atoms with E-state index in [4.69, 9.17) is 0 Å². The van der Waals surface area contributed by atoms with Crippen molar-refractivity contribution >= 4 is 17.3 Å². The summed E-state index contributed by atoms with van der Waals surface area (Å²) in [5.74, 6) is -0.0660. The summed E-state index contributed by atoms with van der Waals surface area (Å²) in [5.41, 5.74) is 1.06. The first-order valence-corrected chi connectivity index (χ1v) is 8.69. The number of amides is 2. The number of likely N-dealkylation sites (tertiary alicyclic amines) is 1. The normalized spacial score (nSPS) is 18.4. The summed E-state index contributed by atoms with van der Waals surface area (Å²) < 4.78 is 1.78. The first-order chi connectivity index (χ1) is 11.8. The lowest BCUT2D eigenvalue weighted by atomic mass is 9.91. The zero-order chi connectivity index (χ0) is 18.0. The highest BCUT2D eigenvalue weighted by atomic mass is 16.2. The van der Waals surface area contributed by atoms with Crippen LogP contribution in [0, 0.1) is 5.41 Å². The number of rotatable bonds is 3. The molecule has 1 unspecified atom stereocenters. The monoisotopic (exact) mass is 343 g/mol. The maximum atomic E-state index is 12.9. The van der Waals surface area contributed by atoms with Gasteiger partial charge in [-0.05, 0) is 18.3 Å². The Hall–Kier alpha value is -2.44. The molecular formula is C18H25N5O2. The third kappa shape index (κ3) is 4.15. The number of nitrogens with one attached hydrogen (secondary N) is 1. The molecule has 7 nitrogen and oxygen atoms in total. The fourth-order valence-corrected chi connectivity index (χ4v) is 3.21. The van der Waals surface area contributed by atoms with E-state index in [0.717, 1.165) is 12.8 Å². The molecule has 2 aromatic heterocycles. The number of piperidine rings is 1. The van der Waals surface area contributed by atoms with Gasteiger partial charge < -0.3 is 14.6 Å². The molecule has 0 saturated carbocycles. The third-order valence-electron chi connectivity index (χ3n) is 4.31. The molecule has 1 aliphatic heterocycles. The van der Waals surface area contributed by atoms with E-state index in [9.17, 15) is 9.59 Å². The van der Waals surface area contributed by atoms with Crippen molar-refractivity contribution < 1.29 is 9.59 Å². The van der Waals surface area contributed by atoms with Gasteiger partial charge in [0.1, 0.15) is 0 Å². The van der Waals surface area contributed by atoms with Crippen LogP contribution in [-0.4, -0.2) is 50.2 Å². The maximum absolute atomic E-state index is 12.9. The molecule has 2 amide bonds. The minimum absolute atomic E-state index is 0.00260.